The lowest BCUT2D eigenvalue weighted by Gasteiger charge is -2.07. The van der Waals surface area contributed by atoms with Crippen molar-refractivity contribution in [3.63, 3.8) is 0 Å². The van der Waals surface area contributed by atoms with Crippen molar-refractivity contribution in [3.8, 4) is 22.6 Å². The van der Waals surface area contributed by atoms with Gasteiger partial charge in [-0.25, -0.2) is 0 Å². The molecule has 0 spiro atoms. The van der Waals surface area contributed by atoms with Gasteiger partial charge in [-0.1, -0.05) is 43.5 Å². The molecule has 0 saturated carbocycles. The summed E-state index contributed by atoms with van der Waals surface area (Å²) in [6.45, 7) is 8.27. The van der Waals surface area contributed by atoms with Crippen molar-refractivity contribution in [2.75, 3.05) is 13.2 Å². The van der Waals surface area contributed by atoms with E-state index in [1.54, 1.807) is 12.2 Å². The van der Waals surface area contributed by atoms with E-state index in [0.29, 0.717) is 13.2 Å². The lowest BCUT2D eigenvalue weighted by Crippen LogP contribution is -1.93. The second-order valence-electron chi connectivity index (χ2n) is 4.16. The molecule has 20 heavy (non-hydrogen) atoms. The van der Waals surface area contributed by atoms with Crippen LogP contribution in [0.3, 0.4) is 0 Å². The van der Waals surface area contributed by atoms with Crippen LogP contribution in [0, 0.1) is 6.07 Å². The van der Waals surface area contributed by atoms with Crippen LogP contribution in [-0.4, -0.2) is 13.2 Å². The Bertz CT molecular complexity index is 570. The van der Waals surface area contributed by atoms with Crippen LogP contribution in [0.2, 0.25) is 0 Å². The summed E-state index contributed by atoms with van der Waals surface area (Å²) < 4.78 is 11.0. The Morgan fingerprint density at radius 1 is 0.900 bits per heavy atom. The van der Waals surface area contributed by atoms with E-state index < -0.39 is 0 Å². The summed E-state index contributed by atoms with van der Waals surface area (Å²) in [5.41, 5.74) is 2.06. The number of rotatable bonds is 7. The minimum Gasteiger partial charge on any atom is -0.490 e. The van der Waals surface area contributed by atoms with Crippen LogP contribution in [0.25, 0.3) is 11.1 Å². The highest BCUT2D eigenvalue weighted by Gasteiger charge is 2.01. The molecule has 0 atom stereocenters. The standard InChI is InChI=1S/C18H17O2/c1-3-12-19-17-10-8-15(9-11-17)16-6-5-7-18(14-16)20-13-4-2/h3-5,7-11,14H,1-2,12-13H2. The van der Waals surface area contributed by atoms with Gasteiger partial charge in [0.1, 0.15) is 24.7 Å². The highest BCUT2D eigenvalue weighted by molar-refractivity contribution is 5.65. The molecule has 0 N–H and O–H groups in total. The fourth-order valence-corrected chi connectivity index (χ4v) is 1.74. The first-order valence-electron chi connectivity index (χ1n) is 6.43. The first-order chi connectivity index (χ1) is 9.83. The van der Waals surface area contributed by atoms with Gasteiger partial charge in [-0.3, -0.25) is 0 Å². The third-order valence-corrected chi connectivity index (χ3v) is 2.67. The van der Waals surface area contributed by atoms with Crippen molar-refractivity contribution in [1.82, 2.24) is 0 Å². The maximum Gasteiger partial charge on any atom is 0.120 e. The van der Waals surface area contributed by atoms with Gasteiger partial charge in [0.05, 0.1) is 0 Å². The molecule has 0 aromatic heterocycles. The van der Waals surface area contributed by atoms with Crippen LogP contribution in [0.5, 0.6) is 11.5 Å². The third-order valence-electron chi connectivity index (χ3n) is 2.67. The Kier molecular flexibility index (Phi) is 5.01. The van der Waals surface area contributed by atoms with Gasteiger partial charge in [-0.05, 0) is 41.5 Å². The lowest BCUT2D eigenvalue weighted by atomic mass is 10.1. The van der Waals surface area contributed by atoms with Gasteiger partial charge in [-0.15, -0.1) is 0 Å². The van der Waals surface area contributed by atoms with Crippen molar-refractivity contribution >= 4 is 0 Å². The predicted molar refractivity (Wildman–Crippen MR) is 82.1 cm³/mol. The van der Waals surface area contributed by atoms with Crippen molar-refractivity contribution in [2.24, 2.45) is 0 Å². The third kappa shape index (κ3) is 3.75. The Labute approximate surface area is 120 Å². The van der Waals surface area contributed by atoms with Crippen molar-refractivity contribution < 1.29 is 9.47 Å². The van der Waals surface area contributed by atoms with Crippen LogP contribution < -0.4 is 9.47 Å². The summed E-state index contributed by atoms with van der Waals surface area (Å²) in [6.07, 6.45) is 3.45. The van der Waals surface area contributed by atoms with E-state index in [1.807, 2.05) is 42.5 Å². The molecule has 0 aliphatic heterocycles. The number of hydrogen-bond donors (Lipinski definition) is 0. The van der Waals surface area contributed by atoms with Crippen LogP contribution in [0.4, 0.5) is 0 Å². The van der Waals surface area contributed by atoms with Crippen molar-refractivity contribution in [2.45, 2.75) is 0 Å². The second-order valence-corrected chi connectivity index (χ2v) is 4.16. The minimum absolute atomic E-state index is 0.498. The number of hydrogen-bond acceptors (Lipinski definition) is 2. The molecular weight excluding hydrogens is 248 g/mol. The largest absolute Gasteiger partial charge is 0.490 e. The highest BCUT2D eigenvalue weighted by atomic mass is 16.5. The number of benzene rings is 2. The van der Waals surface area contributed by atoms with Gasteiger partial charge >= 0.3 is 0 Å². The molecule has 0 unspecified atom stereocenters. The van der Waals surface area contributed by atoms with Crippen molar-refractivity contribution in [1.29, 1.82) is 0 Å². The SMILES string of the molecule is C=CCOc1ccc(-c2[c]ccc(OCC=C)c2)cc1. The van der Waals surface area contributed by atoms with Gasteiger partial charge in [0.25, 0.3) is 0 Å². The number of ether oxygens (including phenoxy) is 2. The van der Waals surface area contributed by atoms with E-state index >= 15 is 0 Å². The van der Waals surface area contributed by atoms with Gasteiger partial charge in [0.15, 0.2) is 0 Å². The van der Waals surface area contributed by atoms with E-state index in [9.17, 15) is 0 Å². The lowest BCUT2D eigenvalue weighted by molar-refractivity contribution is 0.363. The van der Waals surface area contributed by atoms with Gasteiger partial charge in [0.2, 0.25) is 0 Å². The molecular formula is C18H17O2. The highest BCUT2D eigenvalue weighted by Crippen LogP contribution is 2.25. The Hall–Kier alpha value is -2.48. The molecule has 2 aromatic rings. The predicted octanol–water partition coefficient (Wildman–Crippen LogP) is 4.28. The monoisotopic (exact) mass is 265 g/mol. The van der Waals surface area contributed by atoms with E-state index in [0.717, 1.165) is 22.6 Å². The summed E-state index contributed by atoms with van der Waals surface area (Å²) in [5.74, 6) is 1.64. The molecule has 0 aliphatic rings. The van der Waals surface area contributed by atoms with Crippen LogP contribution in [0.1, 0.15) is 0 Å². The van der Waals surface area contributed by atoms with E-state index in [2.05, 4.69) is 19.2 Å². The average Bonchev–Trinajstić information content (AvgIpc) is 2.52. The Morgan fingerprint density at radius 2 is 1.55 bits per heavy atom. The summed E-state index contributed by atoms with van der Waals surface area (Å²) in [4.78, 5) is 0. The summed E-state index contributed by atoms with van der Waals surface area (Å²) in [7, 11) is 0. The zero-order valence-corrected chi connectivity index (χ0v) is 11.3. The van der Waals surface area contributed by atoms with E-state index in [1.165, 1.54) is 0 Å². The van der Waals surface area contributed by atoms with Gasteiger partial charge < -0.3 is 9.47 Å². The van der Waals surface area contributed by atoms with E-state index in [4.69, 9.17) is 9.47 Å². The fraction of sp³-hybridized carbons (Fsp3) is 0.111. The average molecular weight is 265 g/mol. The van der Waals surface area contributed by atoms with Crippen LogP contribution in [0.15, 0.2) is 67.8 Å². The molecule has 101 valence electrons. The topological polar surface area (TPSA) is 18.5 Å². The fourth-order valence-electron chi connectivity index (χ4n) is 1.74. The first kappa shape index (κ1) is 13.9. The molecule has 0 heterocycles. The molecule has 0 fully saturated rings. The van der Waals surface area contributed by atoms with Crippen molar-refractivity contribution in [3.05, 3.63) is 73.8 Å². The molecule has 0 aliphatic carbocycles. The quantitative estimate of drug-likeness (QED) is 0.695. The van der Waals surface area contributed by atoms with Crippen LogP contribution >= 0.6 is 0 Å². The zero-order valence-electron chi connectivity index (χ0n) is 11.3. The molecule has 2 nitrogen and oxygen atoms in total. The van der Waals surface area contributed by atoms with E-state index in [-0.39, 0.29) is 0 Å². The Morgan fingerprint density at radius 3 is 2.20 bits per heavy atom. The van der Waals surface area contributed by atoms with Crippen LogP contribution in [-0.2, 0) is 0 Å². The second kappa shape index (κ2) is 7.19. The maximum absolute atomic E-state index is 5.52. The molecule has 0 saturated heterocycles. The summed E-state index contributed by atoms with van der Waals surface area (Å²) in [6, 6.07) is 16.8. The molecule has 2 heteroatoms. The summed E-state index contributed by atoms with van der Waals surface area (Å²) in [5, 5.41) is 0. The summed E-state index contributed by atoms with van der Waals surface area (Å²) >= 11 is 0. The first-order valence-corrected chi connectivity index (χ1v) is 6.43. The molecule has 2 aromatic carbocycles. The molecule has 0 amide bonds. The van der Waals surface area contributed by atoms with Gasteiger partial charge in [-0.2, -0.15) is 0 Å². The molecule has 2 rings (SSSR count). The Balaban J connectivity index is 2.14. The molecule has 0 bridgehead atoms. The minimum atomic E-state index is 0.498. The normalized spacial score (nSPS) is 9.80. The molecule has 1 radical (unpaired) electrons. The van der Waals surface area contributed by atoms with Gasteiger partial charge in [0, 0.05) is 0 Å². The smallest absolute Gasteiger partial charge is 0.120 e. The zero-order chi connectivity index (χ0) is 14.2. The maximum atomic E-state index is 5.52.